The minimum absolute atomic E-state index is 0. The van der Waals surface area contributed by atoms with E-state index in [-0.39, 0.29) is 58.3 Å². The standard InChI is InChI=1S/C12H12.K.H2O.H/c1-9-5-3-7-11-8-4-6-10(2)12(9)11;;;/h3-8H,1-2H3;;1H2;/q;+1;;-1. The Morgan fingerprint density at radius 1 is 0.857 bits per heavy atom. The van der Waals surface area contributed by atoms with Crippen molar-refractivity contribution in [2.75, 3.05) is 0 Å². The Bertz CT molecular complexity index is 392. The molecule has 0 aliphatic carbocycles. The largest absolute Gasteiger partial charge is 1.00 e. The molecule has 0 heterocycles. The van der Waals surface area contributed by atoms with Gasteiger partial charge in [-0.2, -0.15) is 0 Å². The minimum atomic E-state index is 0. The number of fused-ring (bicyclic) bond motifs is 1. The van der Waals surface area contributed by atoms with Gasteiger partial charge < -0.3 is 6.90 Å². The van der Waals surface area contributed by atoms with E-state index in [1.807, 2.05) is 0 Å². The van der Waals surface area contributed by atoms with Crippen molar-refractivity contribution >= 4 is 10.8 Å². The summed E-state index contributed by atoms with van der Waals surface area (Å²) < 4.78 is 0. The van der Waals surface area contributed by atoms with Crippen molar-refractivity contribution in [2.24, 2.45) is 0 Å². The fraction of sp³-hybridized carbons (Fsp3) is 0.167. The summed E-state index contributed by atoms with van der Waals surface area (Å²) in [6.45, 7) is 4.32. The van der Waals surface area contributed by atoms with Crippen LogP contribution in [0.2, 0.25) is 0 Å². The predicted molar refractivity (Wildman–Crippen MR) is 58.1 cm³/mol. The van der Waals surface area contributed by atoms with Crippen molar-refractivity contribution in [3.8, 4) is 0 Å². The molecule has 0 aliphatic rings. The summed E-state index contributed by atoms with van der Waals surface area (Å²) in [4.78, 5) is 0. The van der Waals surface area contributed by atoms with Crippen LogP contribution < -0.4 is 51.4 Å². The molecule has 0 unspecified atom stereocenters. The molecule has 14 heavy (non-hydrogen) atoms. The Hall–Kier alpha value is 0.296. The second-order valence-electron chi connectivity index (χ2n) is 3.25. The first kappa shape index (κ1) is 14.3. The SMILES string of the molecule is Cc1cccc2cccc(C)c12.O.[H-].[K+]. The van der Waals surface area contributed by atoms with Gasteiger partial charge in [0.2, 0.25) is 0 Å². The van der Waals surface area contributed by atoms with Crippen LogP contribution in [0.5, 0.6) is 0 Å². The normalized spacial score (nSPS) is 9.00. The third-order valence-corrected chi connectivity index (χ3v) is 2.32. The monoisotopic (exact) mass is 214 g/mol. The Balaban J connectivity index is 0. The minimum Gasteiger partial charge on any atom is -1.00 e. The molecule has 2 heteroatoms. The molecule has 2 rings (SSSR count). The van der Waals surface area contributed by atoms with Gasteiger partial charge in [0.15, 0.2) is 0 Å². The van der Waals surface area contributed by atoms with Gasteiger partial charge in [-0.1, -0.05) is 36.4 Å². The number of aryl methyl sites for hydroxylation is 2. The first-order chi connectivity index (χ1) is 5.79. The zero-order chi connectivity index (χ0) is 8.55. The van der Waals surface area contributed by atoms with Crippen molar-refractivity contribution in [2.45, 2.75) is 13.8 Å². The van der Waals surface area contributed by atoms with Crippen LogP contribution in [-0.2, 0) is 0 Å². The fourth-order valence-corrected chi connectivity index (χ4v) is 1.75. The van der Waals surface area contributed by atoms with Crippen LogP contribution in [0.25, 0.3) is 10.8 Å². The average Bonchev–Trinajstić information content (AvgIpc) is 2.04. The Morgan fingerprint density at radius 3 is 1.64 bits per heavy atom. The molecule has 2 N–H and O–H groups in total. The molecule has 0 radical (unpaired) electrons. The summed E-state index contributed by atoms with van der Waals surface area (Å²) in [6.07, 6.45) is 0. The molecule has 0 fully saturated rings. The van der Waals surface area contributed by atoms with Gasteiger partial charge in [-0.3, -0.25) is 0 Å². The molecule has 0 aliphatic heterocycles. The van der Waals surface area contributed by atoms with Gasteiger partial charge in [-0.05, 0) is 35.7 Å². The van der Waals surface area contributed by atoms with Gasteiger partial charge in [-0.15, -0.1) is 0 Å². The van der Waals surface area contributed by atoms with Crippen LogP contribution in [-0.4, -0.2) is 5.48 Å². The van der Waals surface area contributed by atoms with E-state index in [4.69, 9.17) is 0 Å². The van der Waals surface area contributed by atoms with E-state index < -0.39 is 0 Å². The number of hydrogen-bond donors (Lipinski definition) is 0. The van der Waals surface area contributed by atoms with Gasteiger partial charge in [0, 0.05) is 0 Å². The summed E-state index contributed by atoms with van der Waals surface area (Å²) >= 11 is 0. The van der Waals surface area contributed by atoms with Gasteiger partial charge in [0.05, 0.1) is 0 Å². The van der Waals surface area contributed by atoms with Crippen LogP contribution in [0, 0.1) is 13.8 Å². The molecular weight excluding hydrogens is 199 g/mol. The predicted octanol–water partition coefficient (Wildman–Crippen LogP) is -0.252. The van der Waals surface area contributed by atoms with Gasteiger partial charge >= 0.3 is 51.4 Å². The quantitative estimate of drug-likeness (QED) is 0.542. The smallest absolute Gasteiger partial charge is 1.00 e. The van der Waals surface area contributed by atoms with Crippen molar-refractivity contribution in [3.63, 3.8) is 0 Å². The van der Waals surface area contributed by atoms with Crippen LogP contribution in [0.4, 0.5) is 0 Å². The first-order valence-corrected chi connectivity index (χ1v) is 4.24. The molecule has 0 spiro atoms. The maximum Gasteiger partial charge on any atom is 1.00 e. The number of hydrogen-bond acceptors (Lipinski definition) is 0. The van der Waals surface area contributed by atoms with Crippen LogP contribution in [0.3, 0.4) is 0 Å². The summed E-state index contributed by atoms with van der Waals surface area (Å²) in [5.74, 6) is 0. The van der Waals surface area contributed by atoms with Crippen molar-refractivity contribution in [1.82, 2.24) is 0 Å². The van der Waals surface area contributed by atoms with E-state index in [2.05, 4.69) is 50.2 Å². The molecule has 2 aromatic carbocycles. The average molecular weight is 214 g/mol. The first-order valence-electron chi connectivity index (χ1n) is 4.24. The van der Waals surface area contributed by atoms with E-state index in [0.717, 1.165) is 0 Å². The zero-order valence-electron chi connectivity index (χ0n) is 9.96. The fourth-order valence-electron chi connectivity index (χ4n) is 1.75. The second-order valence-corrected chi connectivity index (χ2v) is 3.25. The molecule has 1 nitrogen and oxygen atoms in total. The third-order valence-electron chi connectivity index (χ3n) is 2.32. The van der Waals surface area contributed by atoms with Crippen LogP contribution in [0.15, 0.2) is 36.4 Å². The van der Waals surface area contributed by atoms with Crippen LogP contribution in [0.1, 0.15) is 12.6 Å². The van der Waals surface area contributed by atoms with E-state index in [1.165, 1.54) is 21.9 Å². The van der Waals surface area contributed by atoms with E-state index in [9.17, 15) is 0 Å². The summed E-state index contributed by atoms with van der Waals surface area (Å²) in [7, 11) is 0. The summed E-state index contributed by atoms with van der Waals surface area (Å²) in [5, 5.41) is 2.75. The molecule has 0 amide bonds. The molecule has 0 atom stereocenters. The molecule has 0 saturated heterocycles. The van der Waals surface area contributed by atoms with Crippen molar-refractivity contribution in [3.05, 3.63) is 47.5 Å². The zero-order valence-corrected chi connectivity index (χ0v) is 12.1. The molecule has 0 aromatic heterocycles. The molecule has 70 valence electrons. The molecular formula is C12H15KO. The van der Waals surface area contributed by atoms with Crippen molar-refractivity contribution < 1.29 is 58.3 Å². The molecule has 2 aromatic rings. The maximum absolute atomic E-state index is 2.16. The van der Waals surface area contributed by atoms with E-state index in [1.54, 1.807) is 0 Å². The Morgan fingerprint density at radius 2 is 1.29 bits per heavy atom. The van der Waals surface area contributed by atoms with Gasteiger partial charge in [0.25, 0.3) is 0 Å². The van der Waals surface area contributed by atoms with E-state index in [0.29, 0.717) is 0 Å². The van der Waals surface area contributed by atoms with Gasteiger partial charge in [0.1, 0.15) is 0 Å². The summed E-state index contributed by atoms with van der Waals surface area (Å²) in [5.41, 5.74) is 2.73. The number of rotatable bonds is 0. The van der Waals surface area contributed by atoms with Crippen molar-refractivity contribution in [1.29, 1.82) is 0 Å². The molecule has 0 bridgehead atoms. The summed E-state index contributed by atoms with van der Waals surface area (Å²) in [6, 6.07) is 12.9. The Labute approximate surface area is 129 Å². The van der Waals surface area contributed by atoms with Crippen LogP contribution >= 0.6 is 0 Å². The third kappa shape index (κ3) is 2.66. The topological polar surface area (TPSA) is 31.5 Å². The van der Waals surface area contributed by atoms with Gasteiger partial charge in [-0.25, -0.2) is 0 Å². The molecule has 0 saturated carbocycles. The second kappa shape index (κ2) is 6.01. The maximum atomic E-state index is 2.16. The Kier molecular flexibility index (Phi) is 6.13. The number of benzene rings is 2. The van der Waals surface area contributed by atoms with E-state index >= 15 is 0 Å².